The summed E-state index contributed by atoms with van der Waals surface area (Å²) >= 11 is 5.58. The minimum absolute atomic E-state index is 0.139. The van der Waals surface area contributed by atoms with E-state index in [2.05, 4.69) is 48.9 Å². The number of anilines is 1. The van der Waals surface area contributed by atoms with Gasteiger partial charge in [-0.25, -0.2) is 4.68 Å². The second-order valence-corrected chi connectivity index (χ2v) is 7.45. The molecule has 2 aromatic carbocycles. The monoisotopic (exact) mass is 495 g/mol. The van der Waals surface area contributed by atoms with Crippen molar-refractivity contribution in [2.75, 3.05) is 5.32 Å². The average Bonchev–Trinajstić information content (AvgIpc) is 2.86. The summed E-state index contributed by atoms with van der Waals surface area (Å²) in [6.45, 7) is 3.85. The lowest BCUT2D eigenvalue weighted by Crippen LogP contribution is -2.14. The van der Waals surface area contributed by atoms with Crippen molar-refractivity contribution in [3.8, 4) is 5.69 Å². The molecule has 1 heterocycles. The first-order valence-electron chi connectivity index (χ1n) is 7.35. The van der Waals surface area contributed by atoms with Gasteiger partial charge in [-0.3, -0.25) is 4.79 Å². The van der Waals surface area contributed by atoms with Crippen LogP contribution >= 0.6 is 38.5 Å². The lowest BCUT2D eigenvalue weighted by molar-refractivity contribution is 0.102. The van der Waals surface area contributed by atoms with Crippen LogP contribution in [0.1, 0.15) is 21.7 Å². The zero-order chi connectivity index (χ0) is 17.3. The largest absolute Gasteiger partial charge is 0.319 e. The summed E-state index contributed by atoms with van der Waals surface area (Å²) in [5, 5.41) is 7.56. The zero-order valence-electron chi connectivity index (χ0n) is 13.2. The van der Waals surface area contributed by atoms with Crippen LogP contribution in [-0.4, -0.2) is 15.7 Å². The van der Waals surface area contributed by atoms with Gasteiger partial charge in [-0.15, -0.1) is 0 Å². The number of nitrogens with one attached hydrogen (secondary N) is 1. The highest BCUT2D eigenvalue weighted by atomic mass is 127. The fraction of sp³-hybridized carbons (Fsp3) is 0.111. The Kier molecular flexibility index (Phi) is 5.05. The Morgan fingerprint density at radius 2 is 1.88 bits per heavy atom. The van der Waals surface area contributed by atoms with Crippen LogP contribution in [0, 0.1) is 17.4 Å². The first kappa shape index (κ1) is 17.2. The van der Waals surface area contributed by atoms with E-state index in [0.717, 1.165) is 30.8 Å². The van der Waals surface area contributed by atoms with Crippen LogP contribution in [0.15, 0.2) is 53.0 Å². The van der Waals surface area contributed by atoms with Crippen molar-refractivity contribution < 1.29 is 4.79 Å². The Hall–Kier alpha value is -1.67. The van der Waals surface area contributed by atoms with E-state index >= 15 is 0 Å². The van der Waals surface area contributed by atoms with E-state index in [1.54, 1.807) is 0 Å². The van der Waals surface area contributed by atoms with E-state index in [4.69, 9.17) is 0 Å². The van der Waals surface area contributed by atoms with Crippen LogP contribution in [0.2, 0.25) is 0 Å². The molecule has 1 aromatic heterocycles. The van der Waals surface area contributed by atoms with Crippen LogP contribution in [0.4, 0.5) is 5.69 Å². The van der Waals surface area contributed by atoms with Crippen LogP contribution in [0.5, 0.6) is 0 Å². The summed E-state index contributed by atoms with van der Waals surface area (Å²) in [7, 11) is 0. The van der Waals surface area contributed by atoms with Gasteiger partial charge in [0, 0.05) is 8.04 Å². The molecule has 6 heteroatoms. The number of aryl methyl sites for hydroxylation is 1. The molecule has 0 bridgehead atoms. The Labute approximate surface area is 162 Å². The van der Waals surface area contributed by atoms with Gasteiger partial charge in [-0.05, 0) is 66.8 Å². The topological polar surface area (TPSA) is 46.9 Å². The van der Waals surface area contributed by atoms with Gasteiger partial charge in [0.15, 0.2) is 0 Å². The summed E-state index contributed by atoms with van der Waals surface area (Å²) in [5.74, 6) is -0.139. The molecular weight excluding hydrogens is 481 g/mol. The molecule has 0 saturated carbocycles. The lowest BCUT2D eigenvalue weighted by atomic mass is 10.2. The standard InChI is InChI=1S/C18H15BrIN3O/c1-11-17(12(2)23(22-11)14-6-4-3-5-7-14)21-18(24)15-10-13(19)8-9-16(15)20/h3-10H,1-2H3,(H,21,24). The van der Waals surface area contributed by atoms with Crippen molar-refractivity contribution >= 4 is 50.1 Å². The number of amides is 1. The molecule has 0 aliphatic rings. The third-order valence-corrected chi connectivity index (χ3v) is 5.14. The number of hydrogen-bond acceptors (Lipinski definition) is 2. The number of aromatic nitrogens is 2. The van der Waals surface area contributed by atoms with Gasteiger partial charge in [0.25, 0.3) is 5.91 Å². The molecule has 3 aromatic rings. The number of para-hydroxylation sites is 1. The molecule has 4 nitrogen and oxygen atoms in total. The smallest absolute Gasteiger partial charge is 0.256 e. The van der Waals surface area contributed by atoms with Gasteiger partial charge < -0.3 is 5.32 Å². The summed E-state index contributed by atoms with van der Waals surface area (Å²) in [5.41, 5.74) is 4.04. The Bertz CT molecular complexity index is 906. The fourth-order valence-electron chi connectivity index (χ4n) is 2.50. The highest BCUT2D eigenvalue weighted by molar-refractivity contribution is 14.1. The molecule has 24 heavy (non-hydrogen) atoms. The number of halogens is 2. The SMILES string of the molecule is Cc1nn(-c2ccccc2)c(C)c1NC(=O)c1cc(Br)ccc1I. The van der Waals surface area contributed by atoms with Gasteiger partial charge in [0.2, 0.25) is 0 Å². The molecule has 0 fully saturated rings. The van der Waals surface area contributed by atoms with Crippen molar-refractivity contribution in [1.29, 1.82) is 0 Å². The predicted molar refractivity (Wildman–Crippen MR) is 108 cm³/mol. The highest BCUT2D eigenvalue weighted by Gasteiger charge is 2.17. The molecule has 1 amide bonds. The third-order valence-electron chi connectivity index (χ3n) is 3.70. The molecule has 0 aliphatic carbocycles. The van der Waals surface area contributed by atoms with Crippen LogP contribution in [-0.2, 0) is 0 Å². The fourth-order valence-corrected chi connectivity index (χ4v) is 3.44. The number of nitrogens with zero attached hydrogens (tertiary/aromatic N) is 2. The van der Waals surface area contributed by atoms with Crippen molar-refractivity contribution in [3.05, 3.63) is 73.5 Å². The van der Waals surface area contributed by atoms with Gasteiger partial charge in [-0.2, -0.15) is 5.10 Å². The van der Waals surface area contributed by atoms with Crippen molar-refractivity contribution in [3.63, 3.8) is 0 Å². The van der Waals surface area contributed by atoms with Crippen molar-refractivity contribution in [2.45, 2.75) is 13.8 Å². The van der Waals surface area contributed by atoms with Crippen LogP contribution in [0.3, 0.4) is 0 Å². The number of carbonyl (C=O) groups is 1. The number of rotatable bonds is 3. The Balaban J connectivity index is 1.95. The molecule has 0 radical (unpaired) electrons. The summed E-state index contributed by atoms with van der Waals surface area (Å²) in [4.78, 5) is 12.7. The van der Waals surface area contributed by atoms with Crippen molar-refractivity contribution in [2.24, 2.45) is 0 Å². The van der Waals surface area contributed by atoms with E-state index in [-0.39, 0.29) is 5.91 Å². The highest BCUT2D eigenvalue weighted by Crippen LogP contribution is 2.25. The molecule has 0 spiro atoms. The quantitative estimate of drug-likeness (QED) is 0.513. The van der Waals surface area contributed by atoms with Crippen molar-refractivity contribution in [1.82, 2.24) is 9.78 Å². The molecule has 0 atom stereocenters. The zero-order valence-corrected chi connectivity index (χ0v) is 16.9. The first-order chi connectivity index (χ1) is 11.5. The number of carbonyl (C=O) groups excluding carboxylic acids is 1. The maximum atomic E-state index is 12.7. The minimum atomic E-state index is -0.139. The van der Waals surface area contributed by atoms with E-state index in [1.165, 1.54) is 0 Å². The number of benzene rings is 2. The second kappa shape index (κ2) is 7.06. The minimum Gasteiger partial charge on any atom is -0.319 e. The van der Waals surface area contributed by atoms with Crippen LogP contribution < -0.4 is 5.32 Å². The first-order valence-corrected chi connectivity index (χ1v) is 9.22. The summed E-state index contributed by atoms with van der Waals surface area (Å²) in [6.07, 6.45) is 0. The second-order valence-electron chi connectivity index (χ2n) is 5.37. The average molecular weight is 496 g/mol. The normalized spacial score (nSPS) is 10.7. The van der Waals surface area contributed by atoms with Gasteiger partial charge in [-0.1, -0.05) is 34.1 Å². The van der Waals surface area contributed by atoms with Crippen LogP contribution in [0.25, 0.3) is 5.69 Å². The van der Waals surface area contributed by atoms with E-state index < -0.39 is 0 Å². The summed E-state index contributed by atoms with van der Waals surface area (Å²) < 4.78 is 3.62. The molecule has 1 N–H and O–H groups in total. The molecule has 0 aliphatic heterocycles. The molecule has 0 unspecified atom stereocenters. The molecule has 0 saturated heterocycles. The summed E-state index contributed by atoms with van der Waals surface area (Å²) in [6, 6.07) is 15.5. The Morgan fingerprint density at radius 1 is 1.17 bits per heavy atom. The molecule has 3 rings (SSSR count). The maximum Gasteiger partial charge on any atom is 0.256 e. The number of hydrogen-bond donors (Lipinski definition) is 1. The molecule has 122 valence electrons. The third kappa shape index (κ3) is 3.39. The lowest BCUT2D eigenvalue weighted by Gasteiger charge is -2.09. The maximum absolute atomic E-state index is 12.7. The van der Waals surface area contributed by atoms with E-state index in [1.807, 2.05) is 67.1 Å². The predicted octanol–water partition coefficient (Wildman–Crippen LogP) is 5.11. The Morgan fingerprint density at radius 3 is 2.58 bits per heavy atom. The molecular formula is C18H15BrIN3O. The van der Waals surface area contributed by atoms with Gasteiger partial charge >= 0.3 is 0 Å². The van der Waals surface area contributed by atoms with Gasteiger partial charge in [0.1, 0.15) is 0 Å². The van der Waals surface area contributed by atoms with Gasteiger partial charge in [0.05, 0.1) is 28.3 Å². The van der Waals surface area contributed by atoms with E-state index in [0.29, 0.717) is 5.56 Å². The van der Waals surface area contributed by atoms with E-state index in [9.17, 15) is 4.79 Å².